The summed E-state index contributed by atoms with van der Waals surface area (Å²) in [5.74, 6) is -1.08. The number of amides is 1. The van der Waals surface area contributed by atoms with E-state index in [-0.39, 0.29) is 11.7 Å². The molecule has 1 aromatic rings. The van der Waals surface area contributed by atoms with Crippen LogP contribution >= 0.6 is 11.8 Å². The summed E-state index contributed by atoms with van der Waals surface area (Å²) in [7, 11) is 1.56. The van der Waals surface area contributed by atoms with Crippen molar-refractivity contribution in [2.45, 2.75) is 30.7 Å². The van der Waals surface area contributed by atoms with Gasteiger partial charge in [0.05, 0.1) is 5.75 Å². The fraction of sp³-hybridized carbons (Fsp3) is 0.467. The maximum absolute atomic E-state index is 11.8. The van der Waals surface area contributed by atoms with Crippen molar-refractivity contribution in [3.63, 3.8) is 0 Å². The molecule has 0 aliphatic carbocycles. The molecule has 0 spiro atoms. The van der Waals surface area contributed by atoms with Gasteiger partial charge in [0.1, 0.15) is 6.04 Å². The number of aryl methyl sites for hydroxylation is 1. The third-order valence-electron chi connectivity index (χ3n) is 2.93. The fourth-order valence-electron chi connectivity index (χ4n) is 1.79. The van der Waals surface area contributed by atoms with Crippen LogP contribution in [0.3, 0.4) is 0 Å². The minimum atomic E-state index is -1.01. The van der Waals surface area contributed by atoms with E-state index in [1.54, 1.807) is 7.11 Å². The number of hydrogen-bond acceptors (Lipinski definition) is 4. The summed E-state index contributed by atoms with van der Waals surface area (Å²) in [6.45, 7) is 2.46. The second-order valence-electron chi connectivity index (χ2n) is 4.65. The summed E-state index contributed by atoms with van der Waals surface area (Å²) >= 11 is 1.41. The van der Waals surface area contributed by atoms with E-state index in [1.807, 2.05) is 31.2 Å². The van der Waals surface area contributed by atoms with Crippen molar-refractivity contribution in [1.29, 1.82) is 0 Å². The lowest BCUT2D eigenvalue weighted by molar-refractivity contribution is -0.141. The van der Waals surface area contributed by atoms with Crippen LogP contribution in [0.2, 0.25) is 0 Å². The number of benzene rings is 1. The van der Waals surface area contributed by atoms with Crippen molar-refractivity contribution in [2.24, 2.45) is 0 Å². The molecule has 5 nitrogen and oxygen atoms in total. The molecule has 0 radical (unpaired) electrons. The second kappa shape index (κ2) is 9.41. The van der Waals surface area contributed by atoms with Crippen molar-refractivity contribution in [3.8, 4) is 0 Å². The van der Waals surface area contributed by atoms with Crippen LogP contribution in [0.5, 0.6) is 0 Å². The van der Waals surface area contributed by atoms with E-state index in [2.05, 4.69) is 5.32 Å². The normalized spacial score (nSPS) is 11.9. The zero-order chi connectivity index (χ0) is 15.7. The van der Waals surface area contributed by atoms with Crippen molar-refractivity contribution < 1.29 is 19.4 Å². The number of carboxylic acid groups (broad SMARTS) is 1. The van der Waals surface area contributed by atoms with Crippen molar-refractivity contribution >= 4 is 23.6 Å². The van der Waals surface area contributed by atoms with Gasteiger partial charge in [0.25, 0.3) is 0 Å². The van der Waals surface area contributed by atoms with E-state index in [1.165, 1.54) is 11.8 Å². The first kappa shape index (κ1) is 17.5. The molecule has 1 rings (SSSR count). The highest BCUT2D eigenvalue weighted by Gasteiger charge is 2.19. The highest BCUT2D eigenvalue weighted by molar-refractivity contribution is 8.00. The van der Waals surface area contributed by atoms with Gasteiger partial charge in [-0.2, -0.15) is 0 Å². The number of carboxylic acids is 1. The van der Waals surface area contributed by atoms with Crippen LogP contribution in [-0.2, 0) is 14.3 Å². The number of aliphatic carboxylic acids is 1. The zero-order valence-corrected chi connectivity index (χ0v) is 13.1. The van der Waals surface area contributed by atoms with Gasteiger partial charge in [-0.15, -0.1) is 11.8 Å². The minimum Gasteiger partial charge on any atom is -0.480 e. The Labute approximate surface area is 129 Å². The van der Waals surface area contributed by atoms with E-state index < -0.39 is 12.0 Å². The van der Waals surface area contributed by atoms with Gasteiger partial charge >= 0.3 is 5.97 Å². The van der Waals surface area contributed by atoms with Crippen molar-refractivity contribution in [3.05, 3.63) is 29.8 Å². The molecule has 2 N–H and O–H groups in total. The average molecular weight is 311 g/mol. The number of carbonyl (C=O) groups is 2. The summed E-state index contributed by atoms with van der Waals surface area (Å²) in [5, 5.41) is 11.6. The Morgan fingerprint density at radius 2 is 2.10 bits per heavy atom. The maximum Gasteiger partial charge on any atom is 0.326 e. The monoisotopic (exact) mass is 311 g/mol. The molecule has 1 amide bonds. The van der Waals surface area contributed by atoms with E-state index in [4.69, 9.17) is 9.84 Å². The Kier molecular flexibility index (Phi) is 7.85. The number of nitrogens with one attached hydrogen (secondary N) is 1. The summed E-state index contributed by atoms with van der Waals surface area (Å²) in [4.78, 5) is 24.0. The average Bonchev–Trinajstić information content (AvgIpc) is 2.45. The van der Waals surface area contributed by atoms with Crippen molar-refractivity contribution in [2.75, 3.05) is 19.5 Å². The Morgan fingerprint density at radius 1 is 1.38 bits per heavy atom. The molecule has 0 aliphatic rings. The van der Waals surface area contributed by atoms with Gasteiger partial charge in [0.15, 0.2) is 0 Å². The van der Waals surface area contributed by atoms with Gasteiger partial charge in [-0.05, 0) is 31.4 Å². The number of ether oxygens (including phenoxy) is 1. The van der Waals surface area contributed by atoms with Gasteiger partial charge in [-0.1, -0.05) is 18.2 Å². The van der Waals surface area contributed by atoms with Crippen LogP contribution in [0.25, 0.3) is 0 Å². The van der Waals surface area contributed by atoms with Crippen LogP contribution in [0.1, 0.15) is 18.4 Å². The zero-order valence-electron chi connectivity index (χ0n) is 12.3. The molecular formula is C15H21NO4S. The molecule has 0 saturated heterocycles. The fourth-order valence-corrected chi connectivity index (χ4v) is 2.63. The summed E-state index contributed by atoms with van der Waals surface area (Å²) in [6, 6.07) is 6.92. The van der Waals surface area contributed by atoms with Crippen LogP contribution in [0.4, 0.5) is 0 Å². The molecule has 21 heavy (non-hydrogen) atoms. The number of hydrogen-bond donors (Lipinski definition) is 2. The standard InChI is InChI=1S/C15H21NO4S/c1-11-6-3-4-8-13(11)21-10-14(17)16-12(15(18)19)7-5-9-20-2/h3-4,6,8,12H,5,7,9-10H2,1-2H3,(H,16,17)(H,18,19). The Hall–Kier alpha value is -1.53. The third kappa shape index (κ3) is 6.64. The third-order valence-corrected chi connectivity index (χ3v) is 4.10. The molecular weight excluding hydrogens is 290 g/mol. The van der Waals surface area contributed by atoms with Gasteiger partial charge in [0.2, 0.25) is 5.91 Å². The highest BCUT2D eigenvalue weighted by atomic mass is 32.2. The van der Waals surface area contributed by atoms with E-state index in [0.717, 1.165) is 10.5 Å². The topological polar surface area (TPSA) is 75.6 Å². The van der Waals surface area contributed by atoms with E-state index >= 15 is 0 Å². The summed E-state index contributed by atoms with van der Waals surface area (Å²) in [6.07, 6.45) is 0.961. The molecule has 0 bridgehead atoms. The van der Waals surface area contributed by atoms with Crippen molar-refractivity contribution in [1.82, 2.24) is 5.32 Å². The molecule has 0 saturated carbocycles. The first-order valence-corrected chi connectivity index (χ1v) is 7.72. The molecule has 1 unspecified atom stereocenters. The largest absolute Gasteiger partial charge is 0.480 e. The number of methoxy groups -OCH3 is 1. The van der Waals surface area contributed by atoms with Crippen LogP contribution < -0.4 is 5.32 Å². The summed E-state index contributed by atoms with van der Waals surface area (Å²) < 4.78 is 4.89. The molecule has 6 heteroatoms. The maximum atomic E-state index is 11.8. The quantitative estimate of drug-likeness (QED) is 0.539. The molecule has 0 heterocycles. The predicted molar refractivity (Wildman–Crippen MR) is 82.6 cm³/mol. The summed E-state index contributed by atoms with van der Waals surface area (Å²) in [5.41, 5.74) is 1.10. The molecule has 0 aliphatic heterocycles. The van der Waals surface area contributed by atoms with E-state index in [9.17, 15) is 9.59 Å². The Bertz CT molecular complexity index is 478. The number of rotatable bonds is 9. The minimum absolute atomic E-state index is 0.207. The molecule has 1 aromatic carbocycles. The van der Waals surface area contributed by atoms with Crippen LogP contribution in [-0.4, -0.2) is 42.5 Å². The van der Waals surface area contributed by atoms with Gasteiger partial charge in [-0.3, -0.25) is 4.79 Å². The molecule has 0 aromatic heterocycles. The first-order valence-electron chi connectivity index (χ1n) is 6.74. The van der Waals surface area contributed by atoms with Gasteiger partial charge in [0, 0.05) is 18.6 Å². The van der Waals surface area contributed by atoms with Gasteiger partial charge in [-0.25, -0.2) is 4.79 Å². The lowest BCUT2D eigenvalue weighted by Gasteiger charge is -2.14. The molecule has 0 fully saturated rings. The Morgan fingerprint density at radius 3 is 2.71 bits per heavy atom. The second-order valence-corrected chi connectivity index (χ2v) is 5.66. The lowest BCUT2D eigenvalue weighted by Crippen LogP contribution is -2.41. The van der Waals surface area contributed by atoms with Gasteiger partial charge < -0.3 is 15.2 Å². The van der Waals surface area contributed by atoms with E-state index in [0.29, 0.717) is 19.4 Å². The Balaban J connectivity index is 2.43. The first-order chi connectivity index (χ1) is 10.0. The predicted octanol–water partition coefficient (Wildman–Crippen LogP) is 2.08. The smallest absolute Gasteiger partial charge is 0.326 e. The number of thioether (sulfide) groups is 1. The number of carbonyl (C=O) groups excluding carboxylic acids is 1. The molecule has 116 valence electrons. The SMILES string of the molecule is COCCCC(NC(=O)CSc1ccccc1C)C(=O)O. The van der Waals surface area contributed by atoms with Crippen LogP contribution in [0.15, 0.2) is 29.2 Å². The lowest BCUT2D eigenvalue weighted by atomic mass is 10.1. The molecule has 1 atom stereocenters. The highest BCUT2D eigenvalue weighted by Crippen LogP contribution is 2.21. The van der Waals surface area contributed by atoms with Crippen LogP contribution in [0, 0.1) is 6.92 Å².